The van der Waals surface area contributed by atoms with E-state index in [4.69, 9.17) is 16.3 Å². The quantitative estimate of drug-likeness (QED) is 0.197. The van der Waals surface area contributed by atoms with E-state index in [1.165, 1.54) is 36.4 Å². The Labute approximate surface area is 211 Å². The summed E-state index contributed by atoms with van der Waals surface area (Å²) >= 11 is 6.70. The average Bonchev–Trinajstić information content (AvgIpc) is 3.09. The zero-order chi connectivity index (χ0) is 26.0. The van der Waals surface area contributed by atoms with Gasteiger partial charge in [-0.15, -0.1) is 0 Å². The molecule has 0 radical (unpaired) electrons. The largest absolute Gasteiger partial charge is 0.450 e. The summed E-state index contributed by atoms with van der Waals surface area (Å²) in [6, 6.07) is 13.1. The molecule has 4 rings (SSSR count). The Balaban J connectivity index is 1.51. The van der Waals surface area contributed by atoms with E-state index in [0.29, 0.717) is 17.3 Å². The minimum absolute atomic E-state index is 0.0320. The number of imide groups is 1. The number of non-ortho nitro benzene ring substituents is 1. The van der Waals surface area contributed by atoms with Crippen LogP contribution in [-0.4, -0.2) is 25.9 Å². The third-order valence-corrected chi connectivity index (χ3v) is 6.27. The molecule has 0 saturated carbocycles. The Hall–Kier alpha value is -4.29. The van der Waals surface area contributed by atoms with Gasteiger partial charge in [0.25, 0.3) is 16.8 Å². The summed E-state index contributed by atoms with van der Waals surface area (Å²) in [6.45, 7) is -0.311. The molecular weight excluding hydrogens is 517 g/mol. The number of hydrogen-bond donors (Lipinski definition) is 0. The molecule has 2 amide bonds. The summed E-state index contributed by atoms with van der Waals surface area (Å²) in [4.78, 5) is 46.7. The van der Waals surface area contributed by atoms with Crippen LogP contribution in [0.3, 0.4) is 0 Å². The number of ether oxygens (including phenoxy) is 1. The molecule has 0 aromatic heterocycles. The van der Waals surface area contributed by atoms with Crippen molar-refractivity contribution in [2.24, 2.45) is 0 Å². The smallest absolute Gasteiger partial charge is 0.318 e. The van der Waals surface area contributed by atoms with E-state index in [0.717, 1.165) is 23.1 Å². The van der Waals surface area contributed by atoms with Crippen LogP contribution < -0.4 is 4.74 Å². The maximum Gasteiger partial charge on any atom is 0.318 e. The molecular formula is C23H13ClFN3O7S. The highest BCUT2D eigenvalue weighted by Crippen LogP contribution is 2.36. The third-order valence-electron chi connectivity index (χ3n) is 5.01. The van der Waals surface area contributed by atoms with Crippen LogP contribution in [0, 0.1) is 26.0 Å². The molecule has 0 bridgehead atoms. The molecule has 0 spiro atoms. The van der Waals surface area contributed by atoms with Crippen molar-refractivity contribution in [2.75, 3.05) is 0 Å². The molecule has 13 heteroatoms. The molecule has 36 heavy (non-hydrogen) atoms. The number of nitro groups is 2. The third kappa shape index (κ3) is 5.19. The van der Waals surface area contributed by atoms with Gasteiger partial charge in [-0.1, -0.05) is 29.8 Å². The van der Waals surface area contributed by atoms with Gasteiger partial charge < -0.3 is 4.74 Å². The van der Waals surface area contributed by atoms with Crippen molar-refractivity contribution in [1.29, 1.82) is 0 Å². The summed E-state index contributed by atoms with van der Waals surface area (Å²) in [5.41, 5.74) is -0.466. The standard InChI is InChI=1S/C23H13ClFN3O7S/c24-17-2-1-3-18(25)16(17)12-26-22(29)21(36-23(26)30)10-13-4-7-15(8-5-13)35-20-9-6-14(27(31)32)11-19(20)28(33)34/h1-11H,12H2/b21-10-. The number of hydrogen-bond acceptors (Lipinski definition) is 8. The lowest BCUT2D eigenvalue weighted by Crippen LogP contribution is -2.28. The van der Waals surface area contributed by atoms with Gasteiger partial charge in [-0.25, -0.2) is 4.39 Å². The van der Waals surface area contributed by atoms with Crippen LogP contribution in [0.25, 0.3) is 6.08 Å². The highest BCUT2D eigenvalue weighted by molar-refractivity contribution is 8.18. The van der Waals surface area contributed by atoms with Crippen LogP contribution in [0.5, 0.6) is 11.5 Å². The van der Waals surface area contributed by atoms with Gasteiger partial charge in [-0.2, -0.15) is 0 Å². The number of halogens is 2. The molecule has 0 N–H and O–H groups in total. The van der Waals surface area contributed by atoms with Gasteiger partial charge in [0.15, 0.2) is 0 Å². The number of nitro benzene ring substituents is 2. The fraction of sp³-hybridized carbons (Fsp3) is 0.0435. The van der Waals surface area contributed by atoms with E-state index in [1.807, 2.05) is 0 Å². The van der Waals surface area contributed by atoms with E-state index in [1.54, 1.807) is 12.1 Å². The summed E-state index contributed by atoms with van der Waals surface area (Å²) in [7, 11) is 0. The van der Waals surface area contributed by atoms with Crippen molar-refractivity contribution in [1.82, 2.24) is 4.90 Å². The molecule has 0 atom stereocenters. The Morgan fingerprint density at radius 2 is 1.75 bits per heavy atom. The fourth-order valence-electron chi connectivity index (χ4n) is 3.24. The van der Waals surface area contributed by atoms with Gasteiger partial charge in [-0.3, -0.25) is 34.7 Å². The van der Waals surface area contributed by atoms with Gasteiger partial charge in [0, 0.05) is 16.7 Å². The van der Waals surface area contributed by atoms with E-state index >= 15 is 0 Å². The maximum atomic E-state index is 14.1. The second-order valence-corrected chi connectivity index (χ2v) is 8.71. The van der Waals surface area contributed by atoms with Crippen LogP contribution in [0.1, 0.15) is 11.1 Å². The SMILES string of the molecule is O=C1S/C(=C\c2ccc(Oc3ccc([N+](=O)[O-])cc3[N+](=O)[O-])cc2)C(=O)N1Cc1c(F)cccc1Cl. The zero-order valence-corrected chi connectivity index (χ0v) is 19.5. The Morgan fingerprint density at radius 3 is 2.39 bits per heavy atom. The minimum atomic E-state index is -0.790. The number of amides is 2. The molecule has 3 aromatic rings. The van der Waals surface area contributed by atoms with Crippen LogP contribution in [0.2, 0.25) is 5.02 Å². The summed E-state index contributed by atoms with van der Waals surface area (Å²) in [6.07, 6.45) is 1.46. The van der Waals surface area contributed by atoms with E-state index in [-0.39, 0.29) is 33.5 Å². The number of carbonyl (C=O) groups excluding carboxylic acids is 2. The molecule has 182 valence electrons. The molecule has 0 aliphatic carbocycles. The lowest BCUT2D eigenvalue weighted by atomic mass is 10.2. The van der Waals surface area contributed by atoms with Crippen molar-refractivity contribution in [3.05, 3.63) is 108 Å². The second-order valence-electron chi connectivity index (χ2n) is 7.31. The lowest BCUT2D eigenvalue weighted by Gasteiger charge is -2.14. The minimum Gasteiger partial charge on any atom is -0.450 e. The topological polar surface area (TPSA) is 133 Å². The number of thioether (sulfide) groups is 1. The van der Waals surface area contributed by atoms with Crippen molar-refractivity contribution >= 4 is 52.0 Å². The number of benzene rings is 3. The van der Waals surface area contributed by atoms with Crippen LogP contribution in [-0.2, 0) is 11.3 Å². The first-order chi connectivity index (χ1) is 17.1. The van der Waals surface area contributed by atoms with Crippen molar-refractivity contribution in [3.63, 3.8) is 0 Å². The maximum absolute atomic E-state index is 14.1. The zero-order valence-electron chi connectivity index (χ0n) is 17.9. The number of rotatable bonds is 7. The number of nitrogens with zero attached hydrogens (tertiary/aromatic N) is 3. The van der Waals surface area contributed by atoms with Gasteiger partial charge in [0.2, 0.25) is 5.75 Å². The first-order valence-corrected chi connectivity index (χ1v) is 11.2. The lowest BCUT2D eigenvalue weighted by molar-refractivity contribution is -0.394. The second kappa shape index (κ2) is 10.1. The molecule has 1 heterocycles. The fourth-order valence-corrected chi connectivity index (χ4v) is 4.30. The van der Waals surface area contributed by atoms with E-state index in [9.17, 15) is 34.2 Å². The van der Waals surface area contributed by atoms with Crippen molar-refractivity contribution < 1.29 is 28.6 Å². The van der Waals surface area contributed by atoms with Crippen LogP contribution >= 0.6 is 23.4 Å². The average molecular weight is 530 g/mol. The highest BCUT2D eigenvalue weighted by atomic mass is 35.5. The van der Waals surface area contributed by atoms with Gasteiger partial charge in [0.05, 0.1) is 27.4 Å². The molecule has 3 aromatic carbocycles. The predicted octanol–water partition coefficient (Wildman–Crippen LogP) is 6.32. The Morgan fingerprint density at radius 1 is 1.03 bits per heavy atom. The molecule has 1 fully saturated rings. The normalized spacial score (nSPS) is 14.4. The molecule has 1 aliphatic heterocycles. The van der Waals surface area contributed by atoms with Gasteiger partial charge in [0.1, 0.15) is 11.6 Å². The molecule has 1 aliphatic rings. The Kier molecular flexibility index (Phi) is 6.99. The first kappa shape index (κ1) is 24.8. The molecule has 10 nitrogen and oxygen atoms in total. The van der Waals surface area contributed by atoms with E-state index < -0.39 is 38.2 Å². The van der Waals surface area contributed by atoms with Gasteiger partial charge >= 0.3 is 5.69 Å². The molecule has 1 saturated heterocycles. The van der Waals surface area contributed by atoms with Crippen molar-refractivity contribution in [3.8, 4) is 11.5 Å². The summed E-state index contributed by atoms with van der Waals surface area (Å²) in [5.74, 6) is -1.22. The monoisotopic (exact) mass is 529 g/mol. The van der Waals surface area contributed by atoms with E-state index in [2.05, 4.69) is 0 Å². The van der Waals surface area contributed by atoms with Crippen LogP contribution in [0.4, 0.5) is 20.6 Å². The van der Waals surface area contributed by atoms with Gasteiger partial charge in [-0.05, 0) is 53.7 Å². The number of carbonyl (C=O) groups is 2. The van der Waals surface area contributed by atoms with Crippen LogP contribution in [0.15, 0.2) is 65.6 Å². The molecule has 0 unspecified atom stereocenters. The summed E-state index contributed by atoms with van der Waals surface area (Å²) < 4.78 is 19.6. The first-order valence-electron chi connectivity index (χ1n) is 10.0. The van der Waals surface area contributed by atoms with Crippen molar-refractivity contribution in [2.45, 2.75) is 6.54 Å². The highest BCUT2D eigenvalue weighted by Gasteiger charge is 2.36. The predicted molar refractivity (Wildman–Crippen MR) is 129 cm³/mol. The Bertz CT molecular complexity index is 1430. The summed E-state index contributed by atoms with van der Waals surface area (Å²) in [5, 5.41) is 21.7.